The van der Waals surface area contributed by atoms with Crippen LogP contribution in [-0.2, 0) is 4.79 Å². The maximum Gasteiger partial charge on any atom is 0.311 e. The molecule has 0 spiro atoms. The Kier molecular flexibility index (Phi) is 5.65. The van der Waals surface area contributed by atoms with E-state index in [9.17, 15) is 9.90 Å². The van der Waals surface area contributed by atoms with Crippen molar-refractivity contribution in [2.75, 3.05) is 18.0 Å². The predicted octanol–water partition coefficient (Wildman–Crippen LogP) is 3.74. The van der Waals surface area contributed by atoms with E-state index in [-0.39, 0.29) is 10.3 Å². The minimum atomic E-state index is -0.949. The Morgan fingerprint density at radius 1 is 1.24 bits per heavy atom. The van der Waals surface area contributed by atoms with Crippen LogP contribution in [0.1, 0.15) is 50.5 Å². The number of rotatable bonds is 5. The topological polar surface area (TPSA) is 66.3 Å². The van der Waals surface area contributed by atoms with Crippen molar-refractivity contribution >= 4 is 35.1 Å². The van der Waals surface area contributed by atoms with Crippen LogP contribution in [0.3, 0.4) is 0 Å². The molecule has 5 nitrogen and oxygen atoms in total. The van der Waals surface area contributed by atoms with Gasteiger partial charge in [-0.25, -0.2) is 9.97 Å². The molecular formula is C14H19Cl2N3O2. The van der Waals surface area contributed by atoms with E-state index in [0.29, 0.717) is 17.9 Å². The fourth-order valence-corrected chi connectivity index (χ4v) is 3.25. The van der Waals surface area contributed by atoms with Crippen molar-refractivity contribution in [1.82, 2.24) is 9.97 Å². The van der Waals surface area contributed by atoms with Gasteiger partial charge in [0.15, 0.2) is 0 Å². The highest BCUT2D eigenvalue weighted by atomic mass is 35.5. The van der Waals surface area contributed by atoms with Crippen LogP contribution in [0.25, 0.3) is 0 Å². The van der Waals surface area contributed by atoms with E-state index in [2.05, 4.69) is 9.97 Å². The third-order valence-corrected chi connectivity index (χ3v) is 4.28. The van der Waals surface area contributed by atoms with Crippen molar-refractivity contribution in [3.63, 3.8) is 0 Å². The fourth-order valence-electron chi connectivity index (χ4n) is 2.61. The molecule has 1 saturated heterocycles. The number of aromatic nitrogens is 2. The maximum atomic E-state index is 11.4. The molecule has 0 radical (unpaired) electrons. The third kappa shape index (κ3) is 3.77. The van der Waals surface area contributed by atoms with Crippen LogP contribution in [0, 0.1) is 0 Å². The number of anilines is 1. The van der Waals surface area contributed by atoms with Crippen LogP contribution in [-0.4, -0.2) is 34.1 Å². The van der Waals surface area contributed by atoms with E-state index >= 15 is 0 Å². The molecule has 0 saturated carbocycles. The number of hydrogen-bond acceptors (Lipinski definition) is 4. The first-order valence-electron chi connectivity index (χ1n) is 7.25. The lowest BCUT2D eigenvalue weighted by atomic mass is 9.97. The van der Waals surface area contributed by atoms with Crippen LogP contribution >= 0.6 is 23.2 Å². The number of carboxylic acids is 1. The Bertz CT molecular complexity index is 496. The van der Waals surface area contributed by atoms with Crippen LogP contribution in [0.15, 0.2) is 0 Å². The van der Waals surface area contributed by atoms with Gasteiger partial charge in [-0.15, -0.1) is 0 Å². The minimum Gasteiger partial charge on any atom is -0.481 e. The highest BCUT2D eigenvalue weighted by Crippen LogP contribution is 2.34. The Labute approximate surface area is 134 Å². The molecule has 1 aromatic heterocycles. The molecule has 1 fully saturated rings. The summed E-state index contributed by atoms with van der Waals surface area (Å²) in [6.45, 7) is 3.67. The molecule has 1 atom stereocenters. The molecule has 2 heterocycles. The van der Waals surface area contributed by atoms with E-state index in [1.54, 1.807) is 0 Å². The molecule has 1 aliphatic rings. The van der Waals surface area contributed by atoms with E-state index in [4.69, 9.17) is 23.2 Å². The van der Waals surface area contributed by atoms with Crippen LogP contribution in [0.4, 0.5) is 5.95 Å². The van der Waals surface area contributed by atoms with Crippen molar-refractivity contribution < 1.29 is 9.90 Å². The quantitative estimate of drug-likeness (QED) is 0.832. The average molecular weight is 332 g/mol. The van der Waals surface area contributed by atoms with Gasteiger partial charge in [0.25, 0.3) is 0 Å². The first kappa shape index (κ1) is 16.3. The summed E-state index contributed by atoms with van der Waals surface area (Å²) in [5, 5.41) is 9.64. The van der Waals surface area contributed by atoms with Crippen molar-refractivity contribution in [2.24, 2.45) is 0 Å². The lowest BCUT2D eigenvalue weighted by molar-refractivity contribution is -0.139. The normalized spacial score (nSPS) is 16.8. The second kappa shape index (κ2) is 7.27. The molecular weight excluding hydrogens is 313 g/mol. The summed E-state index contributed by atoms with van der Waals surface area (Å²) in [4.78, 5) is 22.0. The predicted molar refractivity (Wildman–Crippen MR) is 83.4 cm³/mol. The smallest absolute Gasteiger partial charge is 0.311 e. The molecule has 1 unspecified atom stereocenters. The van der Waals surface area contributed by atoms with Gasteiger partial charge in [-0.2, -0.15) is 0 Å². The second-order valence-electron chi connectivity index (χ2n) is 5.25. The first-order valence-corrected chi connectivity index (χ1v) is 8.00. The molecule has 1 aliphatic heterocycles. The summed E-state index contributed by atoms with van der Waals surface area (Å²) in [6, 6.07) is 0. The van der Waals surface area contributed by atoms with Crippen molar-refractivity contribution in [3.8, 4) is 0 Å². The number of carbonyl (C=O) groups is 1. The largest absolute Gasteiger partial charge is 0.481 e. The monoisotopic (exact) mass is 331 g/mol. The van der Waals surface area contributed by atoms with Gasteiger partial charge in [0.05, 0.1) is 5.92 Å². The first-order chi connectivity index (χ1) is 10.0. The summed E-state index contributed by atoms with van der Waals surface area (Å²) in [6.07, 6.45) is 4.56. The molecule has 1 N–H and O–H groups in total. The average Bonchev–Trinajstić information content (AvgIpc) is 2.46. The van der Waals surface area contributed by atoms with Gasteiger partial charge in [-0.1, -0.05) is 36.5 Å². The highest BCUT2D eigenvalue weighted by Gasteiger charge is 2.27. The van der Waals surface area contributed by atoms with Gasteiger partial charge >= 0.3 is 5.97 Å². The van der Waals surface area contributed by atoms with Gasteiger partial charge in [0, 0.05) is 18.7 Å². The Morgan fingerprint density at radius 2 is 1.81 bits per heavy atom. The molecule has 0 bridgehead atoms. The van der Waals surface area contributed by atoms with Gasteiger partial charge in [0.1, 0.15) is 10.3 Å². The number of carboxylic acid groups (broad SMARTS) is 1. The van der Waals surface area contributed by atoms with Crippen molar-refractivity contribution in [1.29, 1.82) is 0 Å². The zero-order valence-electron chi connectivity index (χ0n) is 12.0. The Balaban J connectivity index is 2.33. The van der Waals surface area contributed by atoms with E-state index in [0.717, 1.165) is 32.4 Å². The zero-order chi connectivity index (χ0) is 15.4. The summed E-state index contributed by atoms with van der Waals surface area (Å²) in [5.74, 6) is -1.21. The fraction of sp³-hybridized carbons (Fsp3) is 0.643. The maximum absolute atomic E-state index is 11.4. The highest BCUT2D eigenvalue weighted by molar-refractivity contribution is 6.35. The van der Waals surface area contributed by atoms with Gasteiger partial charge in [-0.05, 0) is 25.7 Å². The van der Waals surface area contributed by atoms with Gasteiger partial charge in [-0.3, -0.25) is 4.79 Å². The summed E-state index contributed by atoms with van der Waals surface area (Å²) in [7, 11) is 0. The zero-order valence-corrected chi connectivity index (χ0v) is 13.5. The van der Waals surface area contributed by atoms with Gasteiger partial charge < -0.3 is 10.0 Å². The Morgan fingerprint density at radius 3 is 2.29 bits per heavy atom. The molecule has 0 aliphatic carbocycles. The number of piperidine rings is 1. The molecule has 7 heteroatoms. The van der Waals surface area contributed by atoms with E-state index in [1.807, 2.05) is 11.8 Å². The number of halogens is 2. The lowest BCUT2D eigenvalue weighted by Gasteiger charge is -2.27. The van der Waals surface area contributed by atoms with Crippen LogP contribution in [0.2, 0.25) is 10.3 Å². The number of hydrogen-bond donors (Lipinski definition) is 1. The second-order valence-corrected chi connectivity index (χ2v) is 5.96. The molecule has 0 amide bonds. The standard InChI is InChI=1S/C14H19Cl2N3O2/c1-2-6-9(13(20)21)10-11(15)17-14(18-12(10)16)19-7-4-3-5-8-19/h9H,2-8H2,1H3,(H,20,21). The van der Waals surface area contributed by atoms with E-state index < -0.39 is 11.9 Å². The molecule has 116 valence electrons. The molecule has 2 rings (SSSR count). The number of nitrogens with zero attached hydrogens (tertiary/aromatic N) is 3. The number of aliphatic carboxylic acids is 1. The third-order valence-electron chi connectivity index (χ3n) is 3.70. The van der Waals surface area contributed by atoms with Gasteiger partial charge in [0.2, 0.25) is 5.95 Å². The molecule has 1 aromatic rings. The Hall–Kier alpha value is -1.07. The molecule has 21 heavy (non-hydrogen) atoms. The van der Waals surface area contributed by atoms with E-state index in [1.165, 1.54) is 6.42 Å². The summed E-state index contributed by atoms with van der Waals surface area (Å²) >= 11 is 12.4. The summed E-state index contributed by atoms with van der Waals surface area (Å²) < 4.78 is 0. The molecule has 0 aromatic carbocycles. The van der Waals surface area contributed by atoms with Crippen LogP contribution < -0.4 is 4.90 Å². The lowest BCUT2D eigenvalue weighted by Crippen LogP contribution is -2.31. The minimum absolute atomic E-state index is 0.149. The SMILES string of the molecule is CCCC(C(=O)O)c1c(Cl)nc(N2CCCCC2)nc1Cl. The van der Waals surface area contributed by atoms with Crippen LogP contribution in [0.5, 0.6) is 0 Å². The summed E-state index contributed by atoms with van der Waals surface area (Å²) in [5.41, 5.74) is 0.327. The van der Waals surface area contributed by atoms with Crippen molar-refractivity contribution in [3.05, 3.63) is 15.9 Å². The van der Waals surface area contributed by atoms with Crippen molar-refractivity contribution in [2.45, 2.75) is 44.9 Å².